The van der Waals surface area contributed by atoms with Gasteiger partial charge in [-0.05, 0) is 55.8 Å². The van der Waals surface area contributed by atoms with E-state index in [0.29, 0.717) is 16.9 Å². The van der Waals surface area contributed by atoms with E-state index in [4.69, 9.17) is 5.11 Å². The van der Waals surface area contributed by atoms with Crippen LogP contribution in [-0.4, -0.2) is 34.7 Å². The van der Waals surface area contributed by atoms with Gasteiger partial charge in [0.1, 0.15) is 6.04 Å². The normalized spacial score (nSPS) is 16.5. The number of rotatable bonds is 5. The number of carbonyl (C=O) groups is 4. The number of hydrogen-bond donors (Lipinski definition) is 2. The first-order valence-corrected chi connectivity index (χ1v) is 8.36. The van der Waals surface area contributed by atoms with Crippen LogP contribution in [0.2, 0.25) is 0 Å². The molecule has 2 amide bonds. The van der Waals surface area contributed by atoms with Crippen LogP contribution in [0, 0.1) is 6.92 Å². The number of anilines is 2. The number of benzene rings is 2. The Hall–Kier alpha value is -3.48. The van der Waals surface area contributed by atoms with Crippen LogP contribution in [0.3, 0.4) is 0 Å². The van der Waals surface area contributed by atoms with E-state index in [1.54, 1.807) is 37.3 Å². The van der Waals surface area contributed by atoms with Gasteiger partial charge in [0, 0.05) is 11.3 Å². The summed E-state index contributed by atoms with van der Waals surface area (Å²) in [6.45, 7) is 3.22. The monoisotopic (exact) mass is 366 g/mol. The van der Waals surface area contributed by atoms with Crippen LogP contribution in [0.4, 0.5) is 11.4 Å². The van der Waals surface area contributed by atoms with Crippen molar-refractivity contribution in [3.63, 3.8) is 0 Å². The summed E-state index contributed by atoms with van der Waals surface area (Å²) in [5.41, 5.74) is 2.25. The molecule has 0 unspecified atom stereocenters. The molecule has 0 spiro atoms. The lowest BCUT2D eigenvalue weighted by molar-refractivity contribution is -0.121. The fourth-order valence-corrected chi connectivity index (χ4v) is 2.96. The molecule has 7 heteroatoms. The Labute approximate surface area is 155 Å². The number of amides is 2. The Morgan fingerprint density at radius 3 is 2.30 bits per heavy atom. The molecular weight excluding hydrogens is 348 g/mol. The van der Waals surface area contributed by atoms with E-state index >= 15 is 0 Å². The molecule has 0 radical (unpaired) electrons. The zero-order valence-corrected chi connectivity index (χ0v) is 14.9. The summed E-state index contributed by atoms with van der Waals surface area (Å²) in [7, 11) is 0. The fourth-order valence-electron chi connectivity index (χ4n) is 2.96. The van der Waals surface area contributed by atoms with Gasteiger partial charge in [-0.1, -0.05) is 6.07 Å². The lowest BCUT2D eigenvalue weighted by Crippen LogP contribution is -2.35. The molecule has 0 bridgehead atoms. The van der Waals surface area contributed by atoms with Gasteiger partial charge < -0.3 is 10.4 Å². The van der Waals surface area contributed by atoms with Gasteiger partial charge in [0.15, 0.2) is 5.78 Å². The third kappa shape index (κ3) is 3.57. The average molecular weight is 366 g/mol. The molecule has 2 aromatic rings. The highest BCUT2D eigenvalue weighted by Crippen LogP contribution is 2.27. The van der Waals surface area contributed by atoms with Crippen molar-refractivity contribution in [1.29, 1.82) is 0 Å². The summed E-state index contributed by atoms with van der Waals surface area (Å²) in [6.07, 6.45) is -0.0377. The van der Waals surface area contributed by atoms with Crippen LogP contribution >= 0.6 is 0 Å². The van der Waals surface area contributed by atoms with Crippen LogP contribution in [0.5, 0.6) is 0 Å². The van der Waals surface area contributed by atoms with Crippen molar-refractivity contribution in [1.82, 2.24) is 0 Å². The van der Waals surface area contributed by atoms with Crippen molar-refractivity contribution in [2.75, 3.05) is 10.2 Å². The molecule has 7 nitrogen and oxygen atoms in total. The molecular formula is C20H18N2O5. The van der Waals surface area contributed by atoms with Crippen molar-refractivity contribution in [3.05, 3.63) is 59.2 Å². The van der Waals surface area contributed by atoms with Crippen molar-refractivity contribution in [3.8, 4) is 0 Å². The van der Waals surface area contributed by atoms with E-state index in [2.05, 4.69) is 5.32 Å². The third-order valence-corrected chi connectivity index (χ3v) is 4.49. The quantitative estimate of drug-likeness (QED) is 0.623. The third-order valence-electron chi connectivity index (χ3n) is 4.49. The van der Waals surface area contributed by atoms with E-state index in [-0.39, 0.29) is 23.7 Å². The van der Waals surface area contributed by atoms with E-state index in [0.717, 1.165) is 10.5 Å². The van der Waals surface area contributed by atoms with Gasteiger partial charge in [0.2, 0.25) is 5.91 Å². The van der Waals surface area contributed by atoms with Crippen molar-refractivity contribution in [2.45, 2.75) is 26.3 Å². The van der Waals surface area contributed by atoms with Gasteiger partial charge >= 0.3 is 5.97 Å². The largest absolute Gasteiger partial charge is 0.478 e. The SMILES string of the molecule is CC(=O)c1ccc(N2C(=O)C[C@@H](Nc3cc(C(=O)O)ccc3C)C2=O)cc1. The minimum absolute atomic E-state index is 0.0377. The summed E-state index contributed by atoms with van der Waals surface area (Å²) in [5, 5.41) is 12.1. The summed E-state index contributed by atoms with van der Waals surface area (Å²) < 4.78 is 0. The summed E-state index contributed by atoms with van der Waals surface area (Å²) >= 11 is 0. The Morgan fingerprint density at radius 2 is 1.70 bits per heavy atom. The van der Waals surface area contributed by atoms with Crippen molar-refractivity contribution >= 4 is 34.9 Å². The lowest BCUT2D eigenvalue weighted by atomic mass is 10.1. The van der Waals surface area contributed by atoms with Gasteiger partial charge in [-0.15, -0.1) is 0 Å². The number of Topliss-reactive ketones (excluding diaryl/α,β-unsaturated/α-hetero) is 1. The Balaban J connectivity index is 1.83. The Bertz CT molecular complexity index is 949. The Morgan fingerprint density at radius 1 is 1.07 bits per heavy atom. The summed E-state index contributed by atoms with van der Waals surface area (Å²) in [6, 6.07) is 10.0. The molecule has 0 saturated carbocycles. The van der Waals surface area contributed by atoms with E-state index in [1.165, 1.54) is 19.1 Å². The molecule has 27 heavy (non-hydrogen) atoms. The van der Waals surface area contributed by atoms with Gasteiger partial charge in [-0.2, -0.15) is 0 Å². The Kier molecular flexibility index (Phi) is 4.77. The number of aromatic carboxylic acids is 1. The minimum Gasteiger partial charge on any atom is -0.478 e. The molecule has 1 heterocycles. The second kappa shape index (κ2) is 7.03. The number of imide groups is 1. The summed E-state index contributed by atoms with van der Waals surface area (Å²) in [5.74, 6) is -1.95. The number of carboxylic acid groups (broad SMARTS) is 1. The zero-order chi connectivity index (χ0) is 19.7. The average Bonchev–Trinajstić information content (AvgIpc) is 2.90. The second-order valence-corrected chi connectivity index (χ2v) is 6.41. The topological polar surface area (TPSA) is 104 Å². The number of ketones is 1. The number of hydrogen-bond acceptors (Lipinski definition) is 5. The standard InChI is InChI=1S/C20H18N2O5/c1-11-3-4-14(20(26)27)9-16(11)21-17-10-18(24)22(19(17)25)15-7-5-13(6-8-15)12(2)23/h3-9,17,21H,10H2,1-2H3,(H,26,27)/t17-/m1/s1. The van der Waals surface area contributed by atoms with Crippen LogP contribution in [0.1, 0.15) is 39.6 Å². The smallest absolute Gasteiger partial charge is 0.335 e. The van der Waals surface area contributed by atoms with E-state index in [1.807, 2.05) is 0 Å². The second-order valence-electron chi connectivity index (χ2n) is 6.41. The van der Waals surface area contributed by atoms with Crippen LogP contribution in [-0.2, 0) is 9.59 Å². The van der Waals surface area contributed by atoms with Gasteiger partial charge in [0.25, 0.3) is 5.91 Å². The van der Waals surface area contributed by atoms with Gasteiger partial charge in [-0.3, -0.25) is 14.4 Å². The minimum atomic E-state index is -1.07. The maximum Gasteiger partial charge on any atom is 0.335 e. The zero-order valence-electron chi connectivity index (χ0n) is 14.9. The molecule has 1 aliphatic rings. The molecule has 1 aliphatic heterocycles. The first-order valence-electron chi connectivity index (χ1n) is 8.36. The number of nitrogens with zero attached hydrogens (tertiary/aromatic N) is 1. The molecule has 2 N–H and O–H groups in total. The predicted molar refractivity (Wildman–Crippen MR) is 99.1 cm³/mol. The van der Waals surface area contributed by atoms with Crippen LogP contribution in [0.15, 0.2) is 42.5 Å². The summed E-state index contributed by atoms with van der Waals surface area (Å²) in [4.78, 5) is 48.7. The molecule has 1 atom stereocenters. The highest BCUT2D eigenvalue weighted by Gasteiger charge is 2.39. The maximum absolute atomic E-state index is 12.7. The molecule has 138 valence electrons. The molecule has 1 saturated heterocycles. The number of carboxylic acids is 1. The first kappa shape index (κ1) is 18.3. The van der Waals surface area contributed by atoms with Crippen molar-refractivity contribution < 1.29 is 24.3 Å². The highest BCUT2D eigenvalue weighted by atomic mass is 16.4. The predicted octanol–water partition coefficient (Wildman–Crippen LogP) is 2.64. The van der Waals surface area contributed by atoms with Crippen LogP contribution < -0.4 is 10.2 Å². The van der Waals surface area contributed by atoms with E-state index in [9.17, 15) is 19.2 Å². The molecule has 0 aliphatic carbocycles. The maximum atomic E-state index is 12.7. The highest BCUT2D eigenvalue weighted by molar-refractivity contribution is 6.23. The molecule has 1 fully saturated rings. The lowest BCUT2D eigenvalue weighted by Gasteiger charge is -2.17. The van der Waals surface area contributed by atoms with Gasteiger partial charge in [0.05, 0.1) is 17.7 Å². The number of nitrogens with one attached hydrogen (secondary N) is 1. The molecule has 3 rings (SSSR count). The number of aryl methyl sites for hydroxylation is 1. The fraction of sp³-hybridized carbons (Fsp3) is 0.200. The van der Waals surface area contributed by atoms with Crippen LogP contribution in [0.25, 0.3) is 0 Å². The van der Waals surface area contributed by atoms with Crippen molar-refractivity contribution in [2.24, 2.45) is 0 Å². The molecule has 0 aromatic heterocycles. The number of carbonyl (C=O) groups excluding carboxylic acids is 3. The van der Waals surface area contributed by atoms with Gasteiger partial charge in [-0.25, -0.2) is 9.69 Å². The van der Waals surface area contributed by atoms with E-state index < -0.39 is 17.9 Å². The first-order chi connectivity index (χ1) is 12.8. The molecule has 2 aromatic carbocycles.